The normalized spacial score (nSPS) is 10.5. The fourth-order valence-corrected chi connectivity index (χ4v) is 2.29. The molecule has 0 aliphatic carbocycles. The Morgan fingerprint density at radius 3 is 2.61 bits per heavy atom. The Labute approximate surface area is 138 Å². The van der Waals surface area contributed by atoms with Crippen LogP contribution in [0.25, 0.3) is 11.4 Å². The van der Waals surface area contributed by atoms with E-state index < -0.39 is 0 Å². The van der Waals surface area contributed by atoms with Gasteiger partial charge in [0.15, 0.2) is 0 Å². The Kier molecular flexibility index (Phi) is 4.68. The van der Waals surface area contributed by atoms with Crippen LogP contribution in [0.15, 0.2) is 59.1 Å². The van der Waals surface area contributed by atoms with Crippen LogP contribution in [0.5, 0.6) is 0 Å². The lowest BCUT2D eigenvalue weighted by Crippen LogP contribution is -2.24. The Morgan fingerprint density at radius 2 is 1.83 bits per heavy atom. The Morgan fingerprint density at radius 1 is 1.09 bits per heavy atom. The maximum atomic E-state index is 12.0. The van der Waals surface area contributed by atoms with Crippen molar-refractivity contribution in [1.29, 1.82) is 0 Å². The number of rotatable bonds is 5. The lowest BCUT2D eigenvalue weighted by atomic mass is 10.1. The molecule has 0 fully saturated rings. The van der Waals surface area contributed by atoms with Gasteiger partial charge in [0.25, 0.3) is 0 Å². The molecule has 0 aliphatic rings. The molecule has 1 amide bonds. The van der Waals surface area contributed by atoms with E-state index in [0.29, 0.717) is 16.7 Å². The SMILES string of the molecule is O=C(Cc1ccccc1Cl)NCc1nc(-c2ccccc2)no1. The average molecular weight is 328 g/mol. The minimum absolute atomic E-state index is 0.155. The molecule has 1 N–H and O–H groups in total. The average Bonchev–Trinajstić information content (AvgIpc) is 3.05. The van der Waals surface area contributed by atoms with E-state index in [9.17, 15) is 4.79 Å². The van der Waals surface area contributed by atoms with Crippen LogP contribution in [-0.2, 0) is 17.8 Å². The summed E-state index contributed by atoms with van der Waals surface area (Å²) in [6.07, 6.45) is 0.208. The maximum Gasteiger partial charge on any atom is 0.246 e. The second-order valence-electron chi connectivity index (χ2n) is 4.92. The van der Waals surface area contributed by atoms with Crippen LogP contribution in [0.2, 0.25) is 5.02 Å². The molecule has 3 aromatic rings. The summed E-state index contributed by atoms with van der Waals surface area (Å²) in [6, 6.07) is 16.8. The molecule has 0 bridgehead atoms. The van der Waals surface area contributed by atoms with Crippen LogP contribution >= 0.6 is 11.6 Å². The van der Waals surface area contributed by atoms with Crippen molar-refractivity contribution in [2.24, 2.45) is 0 Å². The van der Waals surface area contributed by atoms with Crippen molar-refractivity contribution in [3.8, 4) is 11.4 Å². The van der Waals surface area contributed by atoms with Gasteiger partial charge < -0.3 is 9.84 Å². The van der Waals surface area contributed by atoms with Gasteiger partial charge in [0.2, 0.25) is 17.6 Å². The van der Waals surface area contributed by atoms with Crippen molar-refractivity contribution in [2.75, 3.05) is 0 Å². The zero-order valence-electron chi connectivity index (χ0n) is 12.2. The molecular weight excluding hydrogens is 314 g/mol. The molecule has 0 saturated heterocycles. The minimum atomic E-state index is -0.155. The molecule has 23 heavy (non-hydrogen) atoms. The summed E-state index contributed by atoms with van der Waals surface area (Å²) in [6.45, 7) is 0.184. The second kappa shape index (κ2) is 7.07. The van der Waals surface area contributed by atoms with Crippen LogP contribution in [0.4, 0.5) is 0 Å². The number of aromatic nitrogens is 2. The Balaban J connectivity index is 1.58. The van der Waals surface area contributed by atoms with Gasteiger partial charge in [-0.05, 0) is 11.6 Å². The minimum Gasteiger partial charge on any atom is -0.347 e. The van der Waals surface area contributed by atoms with Gasteiger partial charge >= 0.3 is 0 Å². The van der Waals surface area contributed by atoms with Crippen molar-refractivity contribution < 1.29 is 9.32 Å². The lowest BCUT2D eigenvalue weighted by Gasteiger charge is -2.04. The number of halogens is 1. The number of carbonyl (C=O) groups is 1. The summed E-state index contributed by atoms with van der Waals surface area (Å²) >= 11 is 6.04. The quantitative estimate of drug-likeness (QED) is 0.781. The first-order valence-electron chi connectivity index (χ1n) is 7.10. The molecular formula is C17H14ClN3O2. The van der Waals surface area contributed by atoms with Crippen LogP contribution < -0.4 is 5.32 Å². The van der Waals surface area contributed by atoms with E-state index in [1.807, 2.05) is 48.5 Å². The van der Waals surface area contributed by atoms with Crippen molar-refractivity contribution in [2.45, 2.75) is 13.0 Å². The molecule has 1 heterocycles. The highest BCUT2D eigenvalue weighted by molar-refractivity contribution is 6.31. The number of hydrogen-bond donors (Lipinski definition) is 1. The van der Waals surface area contributed by atoms with Gasteiger partial charge in [0.1, 0.15) is 0 Å². The summed E-state index contributed by atoms with van der Waals surface area (Å²) < 4.78 is 5.14. The summed E-state index contributed by atoms with van der Waals surface area (Å²) in [7, 11) is 0. The molecule has 0 atom stereocenters. The van der Waals surface area contributed by atoms with Crippen LogP contribution in [0, 0.1) is 0 Å². The Hall–Kier alpha value is -2.66. The molecule has 1 aromatic heterocycles. The number of amides is 1. The standard InChI is InChI=1S/C17H14ClN3O2/c18-14-9-5-4-8-13(14)10-15(22)19-11-16-20-17(21-23-16)12-6-2-1-3-7-12/h1-9H,10-11H2,(H,19,22). The third kappa shape index (κ3) is 3.96. The lowest BCUT2D eigenvalue weighted by molar-refractivity contribution is -0.120. The van der Waals surface area contributed by atoms with Crippen LogP contribution in [0.3, 0.4) is 0 Å². The highest BCUT2D eigenvalue weighted by Crippen LogP contribution is 2.16. The van der Waals surface area contributed by atoms with E-state index in [-0.39, 0.29) is 18.9 Å². The molecule has 0 unspecified atom stereocenters. The molecule has 6 heteroatoms. The van der Waals surface area contributed by atoms with Gasteiger partial charge in [-0.25, -0.2) is 0 Å². The molecule has 0 spiro atoms. The monoisotopic (exact) mass is 327 g/mol. The van der Waals surface area contributed by atoms with Crippen molar-refractivity contribution in [3.05, 3.63) is 71.1 Å². The third-order valence-corrected chi connectivity index (χ3v) is 3.61. The zero-order valence-corrected chi connectivity index (χ0v) is 13.0. The van der Waals surface area contributed by atoms with E-state index in [0.717, 1.165) is 11.1 Å². The largest absolute Gasteiger partial charge is 0.347 e. The first-order chi connectivity index (χ1) is 11.2. The van der Waals surface area contributed by atoms with Gasteiger partial charge in [-0.3, -0.25) is 4.79 Å². The fraction of sp³-hybridized carbons (Fsp3) is 0.118. The Bertz CT molecular complexity index is 802. The van der Waals surface area contributed by atoms with E-state index in [1.54, 1.807) is 6.07 Å². The molecule has 116 valence electrons. The number of carbonyl (C=O) groups excluding carboxylic acids is 1. The summed E-state index contributed by atoms with van der Waals surface area (Å²) in [5, 5.41) is 7.23. The first kappa shape index (κ1) is 15.2. The number of nitrogens with one attached hydrogen (secondary N) is 1. The van der Waals surface area contributed by atoms with Crippen LogP contribution in [0.1, 0.15) is 11.5 Å². The molecule has 3 rings (SSSR count). The van der Waals surface area contributed by atoms with Gasteiger partial charge in [-0.2, -0.15) is 4.98 Å². The molecule has 0 aliphatic heterocycles. The van der Waals surface area contributed by atoms with E-state index in [1.165, 1.54) is 0 Å². The van der Waals surface area contributed by atoms with Crippen molar-refractivity contribution >= 4 is 17.5 Å². The maximum absolute atomic E-state index is 12.0. The van der Waals surface area contributed by atoms with Gasteiger partial charge in [0, 0.05) is 10.6 Å². The smallest absolute Gasteiger partial charge is 0.246 e. The number of nitrogens with zero attached hydrogens (tertiary/aromatic N) is 2. The zero-order chi connectivity index (χ0) is 16.1. The second-order valence-corrected chi connectivity index (χ2v) is 5.33. The predicted octanol–water partition coefficient (Wildman–Crippen LogP) is 3.25. The fourth-order valence-electron chi connectivity index (χ4n) is 2.08. The number of benzene rings is 2. The third-order valence-electron chi connectivity index (χ3n) is 3.25. The molecule has 0 radical (unpaired) electrons. The van der Waals surface area contributed by atoms with Gasteiger partial charge in [-0.15, -0.1) is 0 Å². The highest BCUT2D eigenvalue weighted by Gasteiger charge is 2.11. The van der Waals surface area contributed by atoms with Gasteiger partial charge in [0.05, 0.1) is 13.0 Å². The molecule has 0 saturated carbocycles. The predicted molar refractivity (Wildman–Crippen MR) is 86.7 cm³/mol. The van der Waals surface area contributed by atoms with E-state index in [2.05, 4.69) is 15.5 Å². The van der Waals surface area contributed by atoms with E-state index >= 15 is 0 Å². The summed E-state index contributed by atoms with van der Waals surface area (Å²) in [4.78, 5) is 16.2. The van der Waals surface area contributed by atoms with Gasteiger partial charge in [-0.1, -0.05) is 65.3 Å². The summed E-state index contributed by atoms with van der Waals surface area (Å²) in [5.41, 5.74) is 1.65. The van der Waals surface area contributed by atoms with Crippen molar-refractivity contribution in [1.82, 2.24) is 15.5 Å². The number of hydrogen-bond acceptors (Lipinski definition) is 4. The van der Waals surface area contributed by atoms with Crippen LogP contribution in [-0.4, -0.2) is 16.0 Å². The molecule has 5 nitrogen and oxygen atoms in total. The topological polar surface area (TPSA) is 68.0 Å². The van der Waals surface area contributed by atoms with E-state index in [4.69, 9.17) is 16.1 Å². The highest BCUT2D eigenvalue weighted by atomic mass is 35.5. The molecule has 2 aromatic carbocycles. The summed E-state index contributed by atoms with van der Waals surface area (Å²) in [5.74, 6) is 0.704. The van der Waals surface area contributed by atoms with Crippen molar-refractivity contribution in [3.63, 3.8) is 0 Å². The first-order valence-corrected chi connectivity index (χ1v) is 7.48.